The number of ether oxygens (including phenoxy) is 1. The molecule has 0 atom stereocenters. The molecule has 0 amide bonds. The summed E-state index contributed by atoms with van der Waals surface area (Å²) in [5.74, 6) is -0.791. The van der Waals surface area contributed by atoms with Crippen LogP contribution in [0.15, 0.2) is 72.8 Å². The van der Waals surface area contributed by atoms with Crippen LogP contribution in [0.2, 0.25) is 10.0 Å². The number of nitrogens with zero attached hydrogens (tertiary/aromatic N) is 1. The van der Waals surface area contributed by atoms with Gasteiger partial charge in [-0.25, -0.2) is 9.18 Å². The highest BCUT2D eigenvalue weighted by atomic mass is 35.5. The van der Waals surface area contributed by atoms with Crippen LogP contribution >= 0.6 is 23.2 Å². The molecule has 0 saturated carbocycles. The van der Waals surface area contributed by atoms with Crippen LogP contribution in [0.3, 0.4) is 0 Å². The quantitative estimate of drug-likeness (QED) is 0.325. The zero-order valence-corrected chi connectivity index (χ0v) is 18.5. The van der Waals surface area contributed by atoms with E-state index in [0.29, 0.717) is 21.5 Å². The lowest BCUT2D eigenvalue weighted by Crippen LogP contribution is -2.04. The van der Waals surface area contributed by atoms with Gasteiger partial charge in [0.1, 0.15) is 18.2 Å². The standard InChI is InChI=1S/C25H18Cl2FNO3/c1-15-2-8-23(29(15)21-11-17(25(30)31)10-19(27)12-21)22-13-18(26)5-9-24(22)32-14-16-3-6-20(28)7-4-16/h2-13H,14H2,1H3,(H,30,31). The molecule has 0 fully saturated rings. The third-order valence-electron chi connectivity index (χ3n) is 4.99. The van der Waals surface area contributed by atoms with Crippen molar-refractivity contribution in [2.75, 3.05) is 0 Å². The summed E-state index contributed by atoms with van der Waals surface area (Å²) in [5, 5.41) is 10.3. The fraction of sp³-hybridized carbons (Fsp3) is 0.0800. The van der Waals surface area contributed by atoms with E-state index in [1.165, 1.54) is 18.2 Å². The predicted molar refractivity (Wildman–Crippen MR) is 124 cm³/mol. The molecule has 0 saturated heterocycles. The molecule has 0 aliphatic heterocycles. The largest absolute Gasteiger partial charge is 0.488 e. The summed E-state index contributed by atoms with van der Waals surface area (Å²) in [4.78, 5) is 11.5. The van der Waals surface area contributed by atoms with E-state index in [1.807, 2.05) is 23.6 Å². The first-order valence-corrected chi connectivity index (χ1v) is 10.5. The van der Waals surface area contributed by atoms with Gasteiger partial charge in [0, 0.05) is 27.0 Å². The number of carboxylic acid groups (broad SMARTS) is 1. The third kappa shape index (κ3) is 4.64. The van der Waals surface area contributed by atoms with E-state index in [0.717, 1.165) is 22.5 Å². The Hall–Kier alpha value is -3.28. The maximum absolute atomic E-state index is 13.2. The number of aromatic nitrogens is 1. The summed E-state index contributed by atoms with van der Waals surface area (Å²) in [6.45, 7) is 2.16. The number of aromatic carboxylic acids is 1. The smallest absolute Gasteiger partial charge is 0.335 e. The maximum Gasteiger partial charge on any atom is 0.335 e. The first-order valence-electron chi connectivity index (χ1n) is 9.71. The van der Waals surface area contributed by atoms with Gasteiger partial charge in [-0.05, 0) is 73.2 Å². The van der Waals surface area contributed by atoms with Gasteiger partial charge in [0.25, 0.3) is 0 Å². The first kappa shape index (κ1) is 21.9. The lowest BCUT2D eigenvalue weighted by Gasteiger charge is -2.17. The zero-order valence-electron chi connectivity index (χ0n) is 17.0. The molecule has 32 heavy (non-hydrogen) atoms. The van der Waals surface area contributed by atoms with Gasteiger partial charge in [0.2, 0.25) is 0 Å². The Labute approximate surface area is 194 Å². The van der Waals surface area contributed by atoms with E-state index in [1.54, 1.807) is 42.5 Å². The Balaban J connectivity index is 1.78. The molecule has 1 N–H and O–H groups in total. The van der Waals surface area contributed by atoms with E-state index >= 15 is 0 Å². The number of hydrogen-bond donors (Lipinski definition) is 1. The number of hydrogen-bond acceptors (Lipinski definition) is 2. The fourth-order valence-electron chi connectivity index (χ4n) is 3.49. The van der Waals surface area contributed by atoms with Gasteiger partial charge in [0.15, 0.2) is 0 Å². The monoisotopic (exact) mass is 469 g/mol. The minimum Gasteiger partial charge on any atom is -0.488 e. The number of rotatable bonds is 6. The molecule has 0 radical (unpaired) electrons. The highest BCUT2D eigenvalue weighted by Crippen LogP contribution is 2.36. The number of halogens is 3. The Kier molecular flexibility index (Phi) is 6.21. The topological polar surface area (TPSA) is 51.5 Å². The average Bonchev–Trinajstić information content (AvgIpc) is 3.14. The molecule has 1 aromatic heterocycles. The van der Waals surface area contributed by atoms with Crippen molar-refractivity contribution in [2.45, 2.75) is 13.5 Å². The van der Waals surface area contributed by atoms with Crippen molar-refractivity contribution in [1.29, 1.82) is 0 Å². The summed E-state index contributed by atoms with van der Waals surface area (Å²) < 4.78 is 21.1. The molecular formula is C25H18Cl2FNO3. The number of carboxylic acids is 1. The van der Waals surface area contributed by atoms with Crippen LogP contribution in [0.4, 0.5) is 4.39 Å². The van der Waals surface area contributed by atoms with Gasteiger partial charge in [-0.1, -0.05) is 35.3 Å². The highest BCUT2D eigenvalue weighted by molar-refractivity contribution is 6.31. The summed E-state index contributed by atoms with van der Waals surface area (Å²) in [6, 6.07) is 19.9. The van der Waals surface area contributed by atoms with E-state index in [-0.39, 0.29) is 18.0 Å². The molecule has 0 unspecified atom stereocenters. The fourth-order valence-corrected chi connectivity index (χ4v) is 3.89. The van der Waals surface area contributed by atoms with Crippen LogP contribution in [-0.4, -0.2) is 15.6 Å². The van der Waals surface area contributed by atoms with Crippen molar-refractivity contribution in [3.05, 3.63) is 105 Å². The Morgan fingerprint density at radius 3 is 2.44 bits per heavy atom. The van der Waals surface area contributed by atoms with Crippen molar-refractivity contribution < 1.29 is 19.0 Å². The van der Waals surface area contributed by atoms with Crippen molar-refractivity contribution in [3.8, 4) is 22.7 Å². The Morgan fingerprint density at radius 1 is 0.969 bits per heavy atom. The van der Waals surface area contributed by atoms with Crippen LogP contribution in [0, 0.1) is 12.7 Å². The number of aryl methyl sites for hydroxylation is 1. The van der Waals surface area contributed by atoms with Gasteiger partial charge in [0.05, 0.1) is 11.3 Å². The van der Waals surface area contributed by atoms with Gasteiger partial charge in [-0.15, -0.1) is 0 Å². The summed E-state index contributed by atoms with van der Waals surface area (Å²) in [6.07, 6.45) is 0. The van der Waals surface area contributed by atoms with Crippen LogP contribution in [0.1, 0.15) is 21.6 Å². The van der Waals surface area contributed by atoms with E-state index < -0.39 is 5.97 Å². The number of benzene rings is 3. The van der Waals surface area contributed by atoms with Crippen molar-refractivity contribution in [1.82, 2.24) is 4.57 Å². The third-order valence-corrected chi connectivity index (χ3v) is 5.44. The molecule has 0 spiro atoms. The summed E-state index contributed by atoms with van der Waals surface area (Å²) in [7, 11) is 0. The van der Waals surface area contributed by atoms with E-state index in [2.05, 4.69) is 0 Å². The normalized spacial score (nSPS) is 10.9. The minimum absolute atomic E-state index is 0.0884. The van der Waals surface area contributed by atoms with Crippen molar-refractivity contribution in [3.63, 3.8) is 0 Å². The Bertz CT molecular complexity index is 1300. The molecule has 0 bridgehead atoms. The van der Waals surface area contributed by atoms with E-state index in [9.17, 15) is 14.3 Å². The van der Waals surface area contributed by atoms with Gasteiger partial charge < -0.3 is 14.4 Å². The molecule has 7 heteroatoms. The second kappa shape index (κ2) is 9.07. The SMILES string of the molecule is Cc1ccc(-c2cc(Cl)ccc2OCc2ccc(F)cc2)n1-c1cc(Cl)cc(C(=O)O)c1. The molecule has 0 aliphatic carbocycles. The molecule has 4 rings (SSSR count). The van der Waals surface area contributed by atoms with Crippen LogP contribution in [0.25, 0.3) is 16.9 Å². The van der Waals surface area contributed by atoms with Gasteiger partial charge >= 0.3 is 5.97 Å². The summed E-state index contributed by atoms with van der Waals surface area (Å²) >= 11 is 12.5. The van der Waals surface area contributed by atoms with Gasteiger partial charge in [-0.3, -0.25) is 0 Å². The van der Waals surface area contributed by atoms with Crippen LogP contribution < -0.4 is 4.74 Å². The zero-order chi connectivity index (χ0) is 22.8. The second-order valence-electron chi connectivity index (χ2n) is 7.25. The van der Waals surface area contributed by atoms with Crippen LogP contribution in [-0.2, 0) is 6.61 Å². The van der Waals surface area contributed by atoms with Gasteiger partial charge in [-0.2, -0.15) is 0 Å². The van der Waals surface area contributed by atoms with Crippen LogP contribution in [0.5, 0.6) is 5.75 Å². The lowest BCUT2D eigenvalue weighted by atomic mass is 10.1. The minimum atomic E-state index is -1.06. The molecule has 4 aromatic rings. The average molecular weight is 470 g/mol. The molecule has 162 valence electrons. The lowest BCUT2D eigenvalue weighted by molar-refractivity contribution is 0.0697. The number of carbonyl (C=O) groups is 1. The first-order chi connectivity index (χ1) is 15.3. The molecule has 1 heterocycles. The maximum atomic E-state index is 13.2. The van der Waals surface area contributed by atoms with E-state index in [4.69, 9.17) is 27.9 Å². The summed E-state index contributed by atoms with van der Waals surface area (Å²) in [5.41, 5.74) is 3.88. The second-order valence-corrected chi connectivity index (χ2v) is 8.13. The molecule has 4 nitrogen and oxygen atoms in total. The molecular weight excluding hydrogens is 452 g/mol. The Morgan fingerprint density at radius 2 is 1.72 bits per heavy atom. The van der Waals surface area contributed by atoms with Crippen molar-refractivity contribution >= 4 is 29.2 Å². The van der Waals surface area contributed by atoms with Crippen molar-refractivity contribution in [2.24, 2.45) is 0 Å². The highest BCUT2D eigenvalue weighted by Gasteiger charge is 2.17. The molecule has 0 aliphatic rings. The predicted octanol–water partition coefficient (Wildman–Crippen LogP) is 7.18. The molecule has 3 aromatic carbocycles.